The summed E-state index contributed by atoms with van der Waals surface area (Å²) in [6.45, 7) is 0. The highest BCUT2D eigenvalue weighted by Gasteiger charge is 2.12. The van der Waals surface area contributed by atoms with Crippen LogP contribution in [0.1, 0.15) is 17.2 Å². The van der Waals surface area contributed by atoms with Crippen LogP contribution in [0.15, 0.2) is 51.7 Å². The minimum Gasteiger partial charge on any atom is -0.408 e. The van der Waals surface area contributed by atoms with Crippen molar-refractivity contribution in [2.45, 2.75) is 6.04 Å². The van der Waals surface area contributed by atoms with Gasteiger partial charge in [0.25, 0.3) is 0 Å². The Hall–Kier alpha value is -2.53. The Kier molecular flexibility index (Phi) is 2.84. The number of nitrogens with two attached hydrogens (primary N) is 2. The SMILES string of the molecule is Cn1c(=O)oc2ccc(C(N)c3cccc(N)c3)cc21. The van der Waals surface area contributed by atoms with Crippen molar-refractivity contribution >= 4 is 16.8 Å². The van der Waals surface area contributed by atoms with Crippen LogP contribution >= 0.6 is 0 Å². The zero-order valence-electron chi connectivity index (χ0n) is 11.0. The molecular formula is C15H15N3O2. The van der Waals surface area contributed by atoms with Crippen LogP contribution in [0.4, 0.5) is 5.69 Å². The molecule has 102 valence electrons. The summed E-state index contributed by atoms with van der Waals surface area (Å²) in [5, 5.41) is 0. The van der Waals surface area contributed by atoms with Crippen LogP contribution in [0.2, 0.25) is 0 Å². The summed E-state index contributed by atoms with van der Waals surface area (Å²) >= 11 is 0. The van der Waals surface area contributed by atoms with Crippen molar-refractivity contribution in [3.63, 3.8) is 0 Å². The van der Waals surface area contributed by atoms with E-state index in [1.54, 1.807) is 13.1 Å². The molecule has 0 bridgehead atoms. The number of nitrogen functional groups attached to an aromatic ring is 1. The molecule has 0 spiro atoms. The fraction of sp³-hybridized carbons (Fsp3) is 0.133. The molecule has 1 aromatic heterocycles. The largest absolute Gasteiger partial charge is 0.419 e. The molecule has 1 atom stereocenters. The summed E-state index contributed by atoms with van der Waals surface area (Å²) in [6.07, 6.45) is 0. The second-order valence-corrected chi connectivity index (χ2v) is 4.80. The van der Waals surface area contributed by atoms with Gasteiger partial charge in [-0.1, -0.05) is 18.2 Å². The van der Waals surface area contributed by atoms with E-state index in [4.69, 9.17) is 15.9 Å². The molecule has 0 aliphatic heterocycles. The van der Waals surface area contributed by atoms with Crippen molar-refractivity contribution in [1.29, 1.82) is 0 Å². The van der Waals surface area contributed by atoms with Gasteiger partial charge in [0.2, 0.25) is 0 Å². The summed E-state index contributed by atoms with van der Waals surface area (Å²) in [5.41, 5.74) is 15.8. The third-order valence-electron chi connectivity index (χ3n) is 3.44. The Balaban J connectivity index is 2.10. The van der Waals surface area contributed by atoms with E-state index in [9.17, 15) is 4.79 Å². The maximum atomic E-state index is 11.5. The van der Waals surface area contributed by atoms with Gasteiger partial charge >= 0.3 is 5.76 Å². The van der Waals surface area contributed by atoms with Gasteiger partial charge in [0, 0.05) is 12.7 Å². The molecule has 0 radical (unpaired) electrons. The van der Waals surface area contributed by atoms with Gasteiger partial charge in [-0.3, -0.25) is 4.57 Å². The Morgan fingerprint density at radius 1 is 1.15 bits per heavy atom. The number of benzene rings is 2. The van der Waals surface area contributed by atoms with Gasteiger partial charge in [-0.05, 0) is 35.4 Å². The van der Waals surface area contributed by atoms with Gasteiger partial charge in [-0.2, -0.15) is 0 Å². The topological polar surface area (TPSA) is 87.2 Å². The Morgan fingerprint density at radius 3 is 2.65 bits per heavy atom. The van der Waals surface area contributed by atoms with E-state index in [2.05, 4.69) is 0 Å². The number of aryl methyl sites for hydroxylation is 1. The predicted octanol–water partition coefficient (Wildman–Crippen LogP) is 1.76. The summed E-state index contributed by atoms with van der Waals surface area (Å²) < 4.78 is 6.57. The lowest BCUT2D eigenvalue weighted by atomic mass is 9.99. The van der Waals surface area contributed by atoms with Gasteiger partial charge in [-0.15, -0.1) is 0 Å². The highest BCUT2D eigenvalue weighted by atomic mass is 16.4. The summed E-state index contributed by atoms with van der Waals surface area (Å²) in [4.78, 5) is 11.5. The standard InChI is InChI=1S/C15H15N3O2/c1-18-12-8-10(5-6-13(12)20-15(18)19)14(17)9-3-2-4-11(16)7-9/h2-8,14H,16-17H2,1H3. The van der Waals surface area contributed by atoms with E-state index < -0.39 is 0 Å². The maximum absolute atomic E-state index is 11.5. The average molecular weight is 269 g/mol. The fourth-order valence-corrected chi connectivity index (χ4v) is 2.28. The van der Waals surface area contributed by atoms with Gasteiger partial charge in [-0.25, -0.2) is 4.79 Å². The molecule has 0 amide bonds. The van der Waals surface area contributed by atoms with E-state index in [1.807, 2.05) is 36.4 Å². The van der Waals surface area contributed by atoms with E-state index >= 15 is 0 Å². The second kappa shape index (κ2) is 4.54. The fourth-order valence-electron chi connectivity index (χ4n) is 2.28. The molecule has 4 N–H and O–H groups in total. The van der Waals surface area contributed by atoms with Crippen LogP contribution in [-0.2, 0) is 7.05 Å². The van der Waals surface area contributed by atoms with Crippen molar-refractivity contribution in [1.82, 2.24) is 4.57 Å². The van der Waals surface area contributed by atoms with E-state index in [0.29, 0.717) is 11.3 Å². The Bertz CT molecular complexity index is 832. The zero-order chi connectivity index (χ0) is 14.3. The first kappa shape index (κ1) is 12.5. The van der Waals surface area contributed by atoms with Gasteiger partial charge in [0.1, 0.15) is 0 Å². The minimum atomic E-state index is -0.380. The second-order valence-electron chi connectivity index (χ2n) is 4.80. The number of rotatable bonds is 2. The normalized spacial score (nSPS) is 12.7. The number of nitrogens with zero attached hydrogens (tertiary/aromatic N) is 1. The lowest BCUT2D eigenvalue weighted by molar-refractivity contribution is 0.528. The smallest absolute Gasteiger partial charge is 0.408 e. The van der Waals surface area contributed by atoms with Crippen LogP contribution in [0, 0.1) is 0 Å². The molecular weight excluding hydrogens is 254 g/mol. The average Bonchev–Trinajstić information content (AvgIpc) is 2.73. The molecule has 2 aromatic carbocycles. The molecule has 0 saturated carbocycles. The summed E-state index contributed by atoms with van der Waals surface area (Å²) in [6, 6.07) is 12.7. The molecule has 0 fully saturated rings. The van der Waals surface area contributed by atoms with Crippen LogP contribution in [0.5, 0.6) is 0 Å². The van der Waals surface area contributed by atoms with Crippen molar-refractivity contribution in [2.24, 2.45) is 12.8 Å². The van der Waals surface area contributed by atoms with Crippen molar-refractivity contribution in [2.75, 3.05) is 5.73 Å². The quantitative estimate of drug-likeness (QED) is 0.694. The van der Waals surface area contributed by atoms with Gasteiger partial charge < -0.3 is 15.9 Å². The first-order valence-electron chi connectivity index (χ1n) is 6.27. The first-order chi connectivity index (χ1) is 9.56. The van der Waals surface area contributed by atoms with Crippen LogP contribution in [0.3, 0.4) is 0 Å². The Labute approximate surface area is 115 Å². The van der Waals surface area contributed by atoms with Crippen molar-refractivity contribution < 1.29 is 4.42 Å². The number of oxazole rings is 1. The number of hydrogen-bond donors (Lipinski definition) is 2. The maximum Gasteiger partial charge on any atom is 0.419 e. The van der Waals surface area contributed by atoms with Crippen molar-refractivity contribution in [3.05, 3.63) is 64.1 Å². The van der Waals surface area contributed by atoms with E-state index in [0.717, 1.165) is 16.6 Å². The number of fused-ring (bicyclic) bond motifs is 1. The molecule has 0 saturated heterocycles. The van der Waals surface area contributed by atoms with Crippen molar-refractivity contribution in [3.8, 4) is 0 Å². The first-order valence-corrected chi connectivity index (χ1v) is 6.27. The number of hydrogen-bond acceptors (Lipinski definition) is 4. The molecule has 0 aliphatic rings. The number of aromatic nitrogens is 1. The third kappa shape index (κ3) is 1.98. The van der Waals surface area contributed by atoms with E-state index in [-0.39, 0.29) is 11.8 Å². The van der Waals surface area contributed by atoms with Gasteiger partial charge in [0.15, 0.2) is 5.58 Å². The van der Waals surface area contributed by atoms with Crippen LogP contribution in [0.25, 0.3) is 11.1 Å². The monoisotopic (exact) mass is 269 g/mol. The molecule has 0 aliphatic carbocycles. The van der Waals surface area contributed by atoms with Crippen LogP contribution in [-0.4, -0.2) is 4.57 Å². The lowest BCUT2D eigenvalue weighted by Gasteiger charge is -2.13. The molecule has 1 heterocycles. The summed E-state index contributed by atoms with van der Waals surface area (Å²) in [7, 11) is 1.67. The highest BCUT2D eigenvalue weighted by Crippen LogP contribution is 2.24. The molecule has 3 aromatic rings. The Morgan fingerprint density at radius 2 is 1.90 bits per heavy atom. The number of anilines is 1. The lowest BCUT2D eigenvalue weighted by Crippen LogP contribution is -2.12. The zero-order valence-corrected chi connectivity index (χ0v) is 11.0. The van der Waals surface area contributed by atoms with Crippen LogP contribution < -0.4 is 17.2 Å². The molecule has 5 nitrogen and oxygen atoms in total. The minimum absolute atomic E-state index is 0.298. The van der Waals surface area contributed by atoms with Gasteiger partial charge in [0.05, 0.1) is 11.6 Å². The van der Waals surface area contributed by atoms with E-state index in [1.165, 1.54) is 4.57 Å². The predicted molar refractivity (Wildman–Crippen MR) is 78.3 cm³/mol. The molecule has 1 unspecified atom stereocenters. The molecule has 3 rings (SSSR count). The molecule has 20 heavy (non-hydrogen) atoms. The summed E-state index contributed by atoms with van der Waals surface area (Å²) in [5.74, 6) is -0.380. The highest BCUT2D eigenvalue weighted by molar-refractivity contribution is 5.74. The molecule has 5 heteroatoms. The third-order valence-corrected chi connectivity index (χ3v) is 3.44.